The summed E-state index contributed by atoms with van der Waals surface area (Å²) < 4.78 is 18.4. The lowest BCUT2D eigenvalue weighted by atomic mass is 9.44. The number of fused-ring (bicyclic) bond motifs is 5. The number of aliphatic hydroxyl groups is 1. The van der Waals surface area contributed by atoms with Crippen LogP contribution in [-0.4, -0.2) is 32.0 Å². The monoisotopic (exact) mass is 650 g/mol. The zero-order valence-corrected chi connectivity index (χ0v) is 30.0. The van der Waals surface area contributed by atoms with E-state index in [1.54, 1.807) is 14.2 Å². The van der Waals surface area contributed by atoms with Gasteiger partial charge < -0.3 is 19.3 Å². The van der Waals surface area contributed by atoms with Gasteiger partial charge in [0, 0.05) is 6.61 Å². The lowest BCUT2D eigenvalue weighted by Crippen LogP contribution is -2.54. The zero-order valence-electron chi connectivity index (χ0n) is 30.0. The van der Waals surface area contributed by atoms with E-state index >= 15 is 0 Å². The summed E-state index contributed by atoms with van der Waals surface area (Å²) in [6.07, 6.45) is 12.5. The van der Waals surface area contributed by atoms with E-state index < -0.39 is 5.60 Å². The van der Waals surface area contributed by atoms with Crippen LogP contribution in [0.2, 0.25) is 0 Å². The molecule has 0 saturated heterocycles. The molecule has 9 atom stereocenters. The molecule has 4 heteroatoms. The molecule has 1 unspecified atom stereocenters. The zero-order chi connectivity index (χ0) is 33.5. The van der Waals surface area contributed by atoms with E-state index in [9.17, 15) is 5.11 Å². The standard InChI is InChI=1S/C44H58O4/c1-30(39-21-22-40-38-20-15-34-29-35(45)23-26-42(34,2)41(38)24-27-43(39,40)3)25-28-48-44(31-9-7-6-8-10-31,32-11-16-36(46-4)17-12-32)33-13-18-37(47-5)19-14-33/h6-14,16-19,30,34-35,38-41,45H,15,20-29H2,1-5H3/t30-,34?,35+,38+,39-,40+,41+,42+,43-/m1/s1. The maximum Gasteiger partial charge on any atom is 0.143 e. The molecule has 0 aromatic heterocycles. The number of hydrogen-bond acceptors (Lipinski definition) is 4. The van der Waals surface area contributed by atoms with E-state index in [1.165, 1.54) is 44.9 Å². The molecule has 3 aromatic rings. The summed E-state index contributed by atoms with van der Waals surface area (Å²) in [5.74, 6) is 6.28. The summed E-state index contributed by atoms with van der Waals surface area (Å²) in [4.78, 5) is 0. The minimum atomic E-state index is -0.763. The molecular formula is C44H58O4. The van der Waals surface area contributed by atoms with Crippen molar-refractivity contribution >= 4 is 0 Å². The molecule has 0 bridgehead atoms. The Hall–Kier alpha value is -2.82. The van der Waals surface area contributed by atoms with Gasteiger partial charge in [-0.15, -0.1) is 0 Å². The van der Waals surface area contributed by atoms with Gasteiger partial charge in [0.05, 0.1) is 20.3 Å². The molecule has 4 nitrogen and oxygen atoms in total. The topological polar surface area (TPSA) is 47.9 Å². The Kier molecular flexibility index (Phi) is 9.45. The molecule has 258 valence electrons. The van der Waals surface area contributed by atoms with Crippen LogP contribution in [0, 0.1) is 46.3 Å². The first-order valence-electron chi connectivity index (χ1n) is 18.9. The van der Waals surface area contributed by atoms with Crippen molar-refractivity contribution in [3.63, 3.8) is 0 Å². The van der Waals surface area contributed by atoms with Crippen molar-refractivity contribution in [1.82, 2.24) is 0 Å². The Labute approximate surface area is 289 Å². The van der Waals surface area contributed by atoms with Crippen molar-refractivity contribution in [2.75, 3.05) is 20.8 Å². The van der Waals surface area contributed by atoms with Gasteiger partial charge in [0.1, 0.15) is 17.1 Å². The summed E-state index contributed by atoms with van der Waals surface area (Å²) in [5, 5.41) is 10.5. The minimum absolute atomic E-state index is 0.0672. The van der Waals surface area contributed by atoms with E-state index in [2.05, 4.69) is 75.4 Å². The normalized spacial score (nSPS) is 33.6. The smallest absolute Gasteiger partial charge is 0.143 e. The van der Waals surface area contributed by atoms with Crippen LogP contribution in [0.25, 0.3) is 0 Å². The van der Waals surface area contributed by atoms with Gasteiger partial charge in [-0.05, 0) is 152 Å². The third-order valence-corrected chi connectivity index (χ3v) is 14.5. The number of benzene rings is 3. The second-order valence-corrected chi connectivity index (χ2v) is 16.4. The van der Waals surface area contributed by atoms with Crippen molar-refractivity contribution < 1.29 is 19.3 Å². The first kappa shape index (κ1) is 33.7. The summed E-state index contributed by atoms with van der Waals surface area (Å²) in [5.41, 5.74) is 3.40. The van der Waals surface area contributed by atoms with Crippen LogP contribution in [0.5, 0.6) is 11.5 Å². The molecule has 1 N–H and O–H groups in total. The third-order valence-electron chi connectivity index (χ3n) is 14.5. The molecule has 0 radical (unpaired) electrons. The van der Waals surface area contributed by atoms with E-state index in [1.807, 2.05) is 24.3 Å². The van der Waals surface area contributed by atoms with Gasteiger partial charge in [0.2, 0.25) is 0 Å². The average Bonchev–Trinajstić information content (AvgIpc) is 3.48. The predicted molar refractivity (Wildman–Crippen MR) is 193 cm³/mol. The first-order chi connectivity index (χ1) is 23.2. The van der Waals surface area contributed by atoms with Gasteiger partial charge >= 0.3 is 0 Å². The SMILES string of the molecule is COc1ccc(C(OCC[C@@H](C)[C@H]2CC[C@H]3[C@@H]4CCC5C[C@@H](O)CC[C@]5(C)[C@H]4CC[C@]23C)(c2ccccc2)c2ccc(OC)cc2)cc1. The third kappa shape index (κ3) is 5.69. The van der Waals surface area contributed by atoms with Crippen LogP contribution in [0.3, 0.4) is 0 Å². The molecule has 4 aliphatic rings. The average molecular weight is 651 g/mol. The molecule has 4 fully saturated rings. The summed E-state index contributed by atoms with van der Waals surface area (Å²) in [7, 11) is 3.43. The number of methoxy groups -OCH3 is 2. The number of rotatable bonds is 10. The highest BCUT2D eigenvalue weighted by Crippen LogP contribution is 2.68. The molecule has 3 aromatic carbocycles. The predicted octanol–water partition coefficient (Wildman–Crippen LogP) is 10.1. The highest BCUT2D eigenvalue weighted by molar-refractivity contribution is 5.49. The molecule has 0 heterocycles. The lowest BCUT2D eigenvalue weighted by Gasteiger charge is -2.61. The Bertz CT molecular complexity index is 1450. The van der Waals surface area contributed by atoms with Crippen LogP contribution < -0.4 is 9.47 Å². The molecule has 0 amide bonds. The Morgan fingerprint density at radius 3 is 1.92 bits per heavy atom. The van der Waals surface area contributed by atoms with Crippen LogP contribution in [-0.2, 0) is 10.3 Å². The van der Waals surface area contributed by atoms with Crippen LogP contribution in [0.15, 0.2) is 78.9 Å². The molecule has 4 saturated carbocycles. The molecule has 48 heavy (non-hydrogen) atoms. The first-order valence-corrected chi connectivity index (χ1v) is 18.9. The van der Waals surface area contributed by atoms with Gasteiger partial charge in [-0.25, -0.2) is 0 Å². The van der Waals surface area contributed by atoms with Crippen molar-refractivity contribution in [1.29, 1.82) is 0 Å². The maximum absolute atomic E-state index is 10.5. The Balaban J connectivity index is 1.12. The van der Waals surface area contributed by atoms with Gasteiger partial charge in [-0.2, -0.15) is 0 Å². The maximum atomic E-state index is 10.5. The quantitative estimate of drug-likeness (QED) is 0.222. The van der Waals surface area contributed by atoms with Crippen LogP contribution in [0.1, 0.15) is 102 Å². The van der Waals surface area contributed by atoms with Crippen molar-refractivity contribution in [3.05, 3.63) is 95.6 Å². The second kappa shape index (κ2) is 13.5. The fraction of sp³-hybridized carbons (Fsp3) is 0.591. The summed E-state index contributed by atoms with van der Waals surface area (Å²) >= 11 is 0. The van der Waals surface area contributed by atoms with Gasteiger partial charge in [0.25, 0.3) is 0 Å². The Morgan fingerprint density at radius 1 is 0.708 bits per heavy atom. The highest BCUT2D eigenvalue weighted by atomic mass is 16.5. The van der Waals surface area contributed by atoms with Crippen LogP contribution in [0.4, 0.5) is 0 Å². The summed E-state index contributed by atoms with van der Waals surface area (Å²) in [6, 6.07) is 27.5. The number of ether oxygens (including phenoxy) is 3. The fourth-order valence-electron chi connectivity index (χ4n) is 11.9. The summed E-state index contributed by atoms with van der Waals surface area (Å²) in [6.45, 7) is 8.48. The lowest BCUT2D eigenvalue weighted by molar-refractivity contribution is -0.129. The molecule has 4 aliphatic carbocycles. The van der Waals surface area contributed by atoms with Gasteiger partial charge in [0.15, 0.2) is 0 Å². The van der Waals surface area contributed by atoms with Crippen molar-refractivity contribution in [2.45, 2.75) is 96.7 Å². The highest BCUT2D eigenvalue weighted by Gasteiger charge is 2.60. The largest absolute Gasteiger partial charge is 0.497 e. The van der Waals surface area contributed by atoms with Crippen molar-refractivity contribution in [2.24, 2.45) is 46.3 Å². The molecule has 0 aliphatic heterocycles. The second-order valence-electron chi connectivity index (χ2n) is 16.4. The van der Waals surface area contributed by atoms with Crippen LogP contribution >= 0.6 is 0 Å². The molecule has 7 rings (SSSR count). The number of hydrogen-bond donors (Lipinski definition) is 1. The van der Waals surface area contributed by atoms with Gasteiger partial charge in [-0.3, -0.25) is 0 Å². The minimum Gasteiger partial charge on any atom is -0.497 e. The van der Waals surface area contributed by atoms with E-state index in [0.717, 1.165) is 77.0 Å². The van der Waals surface area contributed by atoms with E-state index in [0.29, 0.717) is 23.4 Å². The van der Waals surface area contributed by atoms with Crippen molar-refractivity contribution in [3.8, 4) is 11.5 Å². The molecular weight excluding hydrogens is 592 g/mol. The number of aliphatic hydroxyl groups excluding tert-OH is 1. The Morgan fingerprint density at radius 2 is 1.29 bits per heavy atom. The molecule has 0 spiro atoms. The van der Waals surface area contributed by atoms with E-state index in [4.69, 9.17) is 14.2 Å². The van der Waals surface area contributed by atoms with E-state index in [-0.39, 0.29) is 6.10 Å². The fourth-order valence-corrected chi connectivity index (χ4v) is 11.9. The van der Waals surface area contributed by atoms with Gasteiger partial charge in [-0.1, -0.05) is 75.4 Å².